The summed E-state index contributed by atoms with van der Waals surface area (Å²) in [4.78, 5) is 0. The molecule has 0 saturated heterocycles. The SMILES string of the molecule is CC(NCc1cccc(F)c1F)c1nnc2n1CCC2. The van der Waals surface area contributed by atoms with Gasteiger partial charge in [-0.3, -0.25) is 0 Å². The predicted molar refractivity (Wildman–Crippen MR) is 70.0 cm³/mol. The fraction of sp³-hybridized carbons (Fsp3) is 0.429. The zero-order valence-electron chi connectivity index (χ0n) is 11.2. The largest absolute Gasteiger partial charge is 0.314 e. The lowest BCUT2D eigenvalue weighted by Gasteiger charge is -2.14. The van der Waals surface area contributed by atoms with Crippen LogP contribution in [0.15, 0.2) is 18.2 Å². The summed E-state index contributed by atoms with van der Waals surface area (Å²) in [6, 6.07) is 4.14. The van der Waals surface area contributed by atoms with Gasteiger partial charge < -0.3 is 9.88 Å². The van der Waals surface area contributed by atoms with Gasteiger partial charge in [0.05, 0.1) is 6.04 Å². The van der Waals surface area contributed by atoms with Gasteiger partial charge in [-0.2, -0.15) is 0 Å². The van der Waals surface area contributed by atoms with Gasteiger partial charge in [0.1, 0.15) is 11.6 Å². The van der Waals surface area contributed by atoms with Crippen LogP contribution in [0.4, 0.5) is 8.78 Å². The molecule has 1 aliphatic rings. The Bertz CT molecular complexity index is 624. The molecule has 6 heteroatoms. The average molecular weight is 278 g/mol. The molecule has 20 heavy (non-hydrogen) atoms. The molecular weight excluding hydrogens is 262 g/mol. The number of benzene rings is 1. The summed E-state index contributed by atoms with van der Waals surface area (Å²) in [5.41, 5.74) is 0.318. The van der Waals surface area contributed by atoms with Crippen LogP contribution in [0.5, 0.6) is 0 Å². The van der Waals surface area contributed by atoms with Crippen LogP contribution in [0.3, 0.4) is 0 Å². The third-order valence-corrected chi connectivity index (χ3v) is 3.66. The minimum atomic E-state index is -0.819. The predicted octanol–water partition coefficient (Wildman–Crippen LogP) is 2.35. The minimum Gasteiger partial charge on any atom is -0.314 e. The number of aromatic nitrogens is 3. The first-order valence-electron chi connectivity index (χ1n) is 6.75. The Balaban J connectivity index is 1.70. The first-order valence-corrected chi connectivity index (χ1v) is 6.75. The van der Waals surface area contributed by atoms with Crippen molar-refractivity contribution in [2.24, 2.45) is 0 Å². The molecule has 1 unspecified atom stereocenters. The van der Waals surface area contributed by atoms with Crippen molar-refractivity contribution in [3.8, 4) is 0 Å². The van der Waals surface area contributed by atoms with Crippen LogP contribution in [-0.2, 0) is 19.5 Å². The van der Waals surface area contributed by atoms with Crippen molar-refractivity contribution in [3.63, 3.8) is 0 Å². The van der Waals surface area contributed by atoms with E-state index in [0.717, 1.165) is 37.1 Å². The molecule has 0 aliphatic carbocycles. The second kappa shape index (κ2) is 5.28. The maximum absolute atomic E-state index is 13.6. The van der Waals surface area contributed by atoms with E-state index in [1.165, 1.54) is 6.07 Å². The third kappa shape index (κ3) is 2.31. The molecule has 2 heterocycles. The number of aryl methyl sites for hydroxylation is 1. The van der Waals surface area contributed by atoms with Crippen LogP contribution in [0, 0.1) is 11.6 Å². The zero-order valence-corrected chi connectivity index (χ0v) is 11.2. The summed E-state index contributed by atoms with van der Waals surface area (Å²) in [5.74, 6) is 0.249. The van der Waals surface area contributed by atoms with E-state index in [9.17, 15) is 8.78 Å². The Morgan fingerprint density at radius 1 is 1.35 bits per heavy atom. The van der Waals surface area contributed by atoms with Gasteiger partial charge in [-0.05, 0) is 19.4 Å². The summed E-state index contributed by atoms with van der Waals surface area (Å²) >= 11 is 0. The second-order valence-electron chi connectivity index (χ2n) is 5.05. The molecular formula is C14H16F2N4. The van der Waals surface area contributed by atoms with E-state index >= 15 is 0 Å². The quantitative estimate of drug-likeness (QED) is 0.933. The van der Waals surface area contributed by atoms with Gasteiger partial charge in [0, 0.05) is 25.1 Å². The van der Waals surface area contributed by atoms with Crippen LogP contribution < -0.4 is 5.32 Å². The highest BCUT2D eigenvalue weighted by Crippen LogP contribution is 2.19. The Labute approximate surface area is 115 Å². The number of hydrogen-bond acceptors (Lipinski definition) is 3. The zero-order chi connectivity index (χ0) is 14.1. The molecule has 106 valence electrons. The first kappa shape index (κ1) is 13.2. The molecule has 1 aromatic heterocycles. The summed E-state index contributed by atoms with van der Waals surface area (Å²) in [7, 11) is 0. The van der Waals surface area contributed by atoms with E-state index in [-0.39, 0.29) is 12.6 Å². The van der Waals surface area contributed by atoms with Crippen molar-refractivity contribution in [1.82, 2.24) is 20.1 Å². The molecule has 0 fully saturated rings. The van der Waals surface area contributed by atoms with E-state index in [4.69, 9.17) is 0 Å². The van der Waals surface area contributed by atoms with Crippen LogP contribution in [-0.4, -0.2) is 14.8 Å². The summed E-state index contributed by atoms with van der Waals surface area (Å²) in [6.45, 7) is 3.14. The van der Waals surface area contributed by atoms with Crippen molar-refractivity contribution in [2.45, 2.75) is 38.9 Å². The van der Waals surface area contributed by atoms with Crippen LogP contribution >= 0.6 is 0 Å². The summed E-state index contributed by atoms with van der Waals surface area (Å²) in [6.07, 6.45) is 2.04. The van der Waals surface area contributed by atoms with E-state index in [1.807, 2.05) is 6.92 Å². The van der Waals surface area contributed by atoms with Crippen LogP contribution in [0.25, 0.3) is 0 Å². The molecule has 0 bridgehead atoms. The Morgan fingerprint density at radius 3 is 3.05 bits per heavy atom. The highest BCUT2D eigenvalue weighted by molar-refractivity contribution is 5.19. The molecule has 4 nitrogen and oxygen atoms in total. The monoisotopic (exact) mass is 278 g/mol. The number of nitrogens with one attached hydrogen (secondary N) is 1. The number of halogens is 2. The van der Waals surface area contributed by atoms with E-state index in [0.29, 0.717) is 5.56 Å². The Kier molecular flexibility index (Phi) is 3.48. The highest BCUT2D eigenvalue weighted by Gasteiger charge is 2.21. The van der Waals surface area contributed by atoms with Crippen molar-refractivity contribution < 1.29 is 8.78 Å². The number of hydrogen-bond donors (Lipinski definition) is 1. The molecule has 1 N–H and O–H groups in total. The van der Waals surface area contributed by atoms with Gasteiger partial charge in [0.15, 0.2) is 11.6 Å². The molecule has 0 radical (unpaired) electrons. The molecule has 0 amide bonds. The van der Waals surface area contributed by atoms with Crippen LogP contribution in [0.2, 0.25) is 0 Å². The standard InChI is InChI=1S/C14H16F2N4/c1-9(14-19-18-12-6-3-7-20(12)14)17-8-10-4-2-5-11(15)13(10)16/h2,4-5,9,17H,3,6-8H2,1H3. The van der Waals surface area contributed by atoms with Gasteiger partial charge in [0.2, 0.25) is 0 Å². The van der Waals surface area contributed by atoms with Crippen LogP contribution in [0.1, 0.15) is 36.6 Å². The normalized spacial score (nSPS) is 15.3. The Hall–Kier alpha value is -1.82. The maximum Gasteiger partial charge on any atom is 0.163 e. The molecule has 2 aromatic rings. The number of rotatable bonds is 4. The van der Waals surface area contributed by atoms with Crippen molar-refractivity contribution >= 4 is 0 Å². The topological polar surface area (TPSA) is 42.7 Å². The lowest BCUT2D eigenvalue weighted by molar-refractivity contribution is 0.474. The van der Waals surface area contributed by atoms with Crippen molar-refractivity contribution in [2.75, 3.05) is 0 Å². The molecule has 0 spiro atoms. The lowest BCUT2D eigenvalue weighted by Crippen LogP contribution is -2.22. The molecule has 0 saturated carbocycles. The molecule has 1 atom stereocenters. The van der Waals surface area contributed by atoms with E-state index < -0.39 is 11.6 Å². The van der Waals surface area contributed by atoms with E-state index in [2.05, 4.69) is 20.1 Å². The minimum absolute atomic E-state index is 0.0583. The smallest absolute Gasteiger partial charge is 0.163 e. The second-order valence-corrected chi connectivity index (χ2v) is 5.05. The van der Waals surface area contributed by atoms with Gasteiger partial charge >= 0.3 is 0 Å². The average Bonchev–Trinajstić information content (AvgIpc) is 3.02. The summed E-state index contributed by atoms with van der Waals surface area (Å²) in [5, 5.41) is 11.5. The lowest BCUT2D eigenvalue weighted by atomic mass is 10.2. The summed E-state index contributed by atoms with van der Waals surface area (Å²) < 4.78 is 28.8. The molecule has 1 aromatic carbocycles. The van der Waals surface area contributed by atoms with Gasteiger partial charge in [-0.15, -0.1) is 10.2 Å². The fourth-order valence-corrected chi connectivity index (χ4v) is 2.53. The Morgan fingerprint density at radius 2 is 2.20 bits per heavy atom. The van der Waals surface area contributed by atoms with E-state index in [1.54, 1.807) is 6.07 Å². The van der Waals surface area contributed by atoms with Gasteiger partial charge in [0.25, 0.3) is 0 Å². The molecule has 1 aliphatic heterocycles. The third-order valence-electron chi connectivity index (χ3n) is 3.66. The molecule has 3 rings (SSSR count). The van der Waals surface area contributed by atoms with Gasteiger partial charge in [-0.25, -0.2) is 8.78 Å². The number of nitrogens with zero attached hydrogens (tertiary/aromatic N) is 3. The van der Waals surface area contributed by atoms with Gasteiger partial charge in [-0.1, -0.05) is 12.1 Å². The maximum atomic E-state index is 13.6. The first-order chi connectivity index (χ1) is 9.66. The fourth-order valence-electron chi connectivity index (χ4n) is 2.53. The van der Waals surface area contributed by atoms with Crippen molar-refractivity contribution in [3.05, 3.63) is 47.0 Å². The van der Waals surface area contributed by atoms with Crippen molar-refractivity contribution in [1.29, 1.82) is 0 Å². The highest BCUT2D eigenvalue weighted by atomic mass is 19.2. The number of fused-ring (bicyclic) bond motifs is 1.